The zero-order valence-electron chi connectivity index (χ0n) is 10.7. The van der Waals surface area contributed by atoms with E-state index >= 15 is 0 Å². The predicted molar refractivity (Wildman–Crippen MR) is 69.0 cm³/mol. The van der Waals surface area contributed by atoms with Crippen molar-refractivity contribution in [2.24, 2.45) is 0 Å². The van der Waals surface area contributed by atoms with Gasteiger partial charge in [0.25, 0.3) is 5.69 Å². The molecule has 1 saturated heterocycles. The number of non-ortho nitro benzene ring substituents is 1. The molecule has 2 rings (SSSR count). The molecule has 6 heteroatoms. The fraction of sp³-hybridized carbons (Fsp3) is 0.462. The van der Waals surface area contributed by atoms with E-state index in [4.69, 9.17) is 4.74 Å². The fourth-order valence-electron chi connectivity index (χ4n) is 2.19. The van der Waals surface area contributed by atoms with Crippen LogP contribution in [0.2, 0.25) is 0 Å². The number of ether oxygens (including phenoxy) is 1. The molecule has 1 aromatic carbocycles. The van der Waals surface area contributed by atoms with Gasteiger partial charge in [-0.1, -0.05) is 6.07 Å². The van der Waals surface area contributed by atoms with E-state index in [1.165, 1.54) is 24.3 Å². The molecule has 19 heavy (non-hydrogen) atoms. The van der Waals surface area contributed by atoms with Gasteiger partial charge in [-0.2, -0.15) is 0 Å². The van der Waals surface area contributed by atoms with Crippen LogP contribution in [0.3, 0.4) is 0 Å². The van der Waals surface area contributed by atoms with E-state index in [0.29, 0.717) is 6.61 Å². The highest BCUT2D eigenvalue weighted by molar-refractivity contribution is 5.90. The number of nitro groups is 1. The quantitative estimate of drug-likeness (QED) is 0.471. The summed E-state index contributed by atoms with van der Waals surface area (Å²) < 4.78 is 5.21. The number of carbonyl (C=O) groups excluding carboxylic acids is 1. The first kappa shape index (κ1) is 13.5. The Labute approximate surface area is 111 Å². The summed E-state index contributed by atoms with van der Waals surface area (Å²) in [7, 11) is 2.00. The minimum atomic E-state index is -0.526. The van der Waals surface area contributed by atoms with Gasteiger partial charge in [0.05, 0.1) is 10.5 Å². The monoisotopic (exact) mass is 264 g/mol. The van der Waals surface area contributed by atoms with E-state index in [1.807, 2.05) is 7.05 Å². The maximum absolute atomic E-state index is 11.8. The van der Waals surface area contributed by atoms with E-state index in [0.717, 1.165) is 19.4 Å². The summed E-state index contributed by atoms with van der Waals surface area (Å²) >= 11 is 0. The predicted octanol–water partition coefficient (Wildman–Crippen LogP) is 1.85. The Balaban J connectivity index is 1.96. The first-order valence-corrected chi connectivity index (χ1v) is 6.20. The number of nitrogens with zero attached hydrogens (tertiary/aromatic N) is 2. The Hall–Kier alpha value is -1.95. The largest absolute Gasteiger partial charge is 0.460 e. The third-order valence-corrected chi connectivity index (χ3v) is 3.37. The molecule has 1 aliphatic rings. The van der Waals surface area contributed by atoms with Gasteiger partial charge in [-0.05, 0) is 32.5 Å². The highest BCUT2D eigenvalue weighted by atomic mass is 16.6. The molecule has 1 atom stereocenters. The van der Waals surface area contributed by atoms with Gasteiger partial charge in [-0.25, -0.2) is 4.79 Å². The molecule has 1 heterocycles. The van der Waals surface area contributed by atoms with Gasteiger partial charge in [0.15, 0.2) is 0 Å². The molecule has 102 valence electrons. The second-order valence-electron chi connectivity index (χ2n) is 4.68. The van der Waals surface area contributed by atoms with Crippen molar-refractivity contribution >= 4 is 11.7 Å². The van der Waals surface area contributed by atoms with Gasteiger partial charge in [0.2, 0.25) is 0 Å². The van der Waals surface area contributed by atoms with E-state index in [2.05, 4.69) is 4.90 Å². The second-order valence-corrected chi connectivity index (χ2v) is 4.68. The number of likely N-dealkylation sites (tertiary alicyclic amines) is 1. The number of rotatable bonds is 4. The van der Waals surface area contributed by atoms with Crippen LogP contribution in [0.15, 0.2) is 24.3 Å². The summed E-state index contributed by atoms with van der Waals surface area (Å²) in [4.78, 5) is 24.1. The molecule has 0 spiro atoms. The van der Waals surface area contributed by atoms with Crippen LogP contribution in [0.25, 0.3) is 0 Å². The van der Waals surface area contributed by atoms with E-state index in [-0.39, 0.29) is 17.3 Å². The summed E-state index contributed by atoms with van der Waals surface area (Å²) in [5.41, 5.74) is 0.113. The number of benzene rings is 1. The molecular formula is C13H16N2O4. The lowest BCUT2D eigenvalue weighted by molar-refractivity contribution is -0.384. The van der Waals surface area contributed by atoms with Crippen molar-refractivity contribution in [3.63, 3.8) is 0 Å². The average Bonchev–Trinajstić information content (AvgIpc) is 2.81. The number of hydrogen-bond donors (Lipinski definition) is 0. The average molecular weight is 264 g/mol. The minimum absolute atomic E-state index is 0.104. The van der Waals surface area contributed by atoms with Crippen LogP contribution in [0.4, 0.5) is 5.69 Å². The Kier molecular flexibility index (Phi) is 4.11. The molecule has 0 aliphatic carbocycles. The third kappa shape index (κ3) is 3.29. The molecule has 0 radical (unpaired) electrons. The van der Waals surface area contributed by atoms with Gasteiger partial charge >= 0.3 is 5.97 Å². The Bertz CT molecular complexity index is 489. The van der Waals surface area contributed by atoms with Crippen LogP contribution < -0.4 is 0 Å². The lowest BCUT2D eigenvalue weighted by atomic mass is 10.2. The zero-order chi connectivity index (χ0) is 13.8. The van der Waals surface area contributed by atoms with Crippen LogP contribution in [-0.4, -0.2) is 42.0 Å². The van der Waals surface area contributed by atoms with Crippen molar-refractivity contribution < 1.29 is 14.5 Å². The van der Waals surface area contributed by atoms with Gasteiger partial charge in [0, 0.05) is 18.2 Å². The molecule has 6 nitrogen and oxygen atoms in total. The fourth-order valence-corrected chi connectivity index (χ4v) is 2.19. The van der Waals surface area contributed by atoms with Crippen LogP contribution in [0, 0.1) is 10.1 Å². The molecule has 0 bridgehead atoms. The summed E-state index contributed by atoms with van der Waals surface area (Å²) in [5, 5.41) is 10.6. The second kappa shape index (κ2) is 5.79. The normalized spacial score (nSPS) is 19.3. The van der Waals surface area contributed by atoms with E-state index in [9.17, 15) is 14.9 Å². The van der Waals surface area contributed by atoms with Crippen LogP contribution >= 0.6 is 0 Å². The molecule has 0 amide bonds. The summed E-state index contributed by atoms with van der Waals surface area (Å²) in [6.07, 6.45) is 2.12. The SMILES string of the molecule is CN1CCC[C@H]1COC(=O)c1cccc([N+](=O)[O-])c1. The highest BCUT2D eigenvalue weighted by Crippen LogP contribution is 2.17. The lowest BCUT2D eigenvalue weighted by Crippen LogP contribution is -2.30. The topological polar surface area (TPSA) is 72.7 Å². The summed E-state index contributed by atoms with van der Waals surface area (Å²) in [6.45, 7) is 1.34. The number of hydrogen-bond acceptors (Lipinski definition) is 5. The van der Waals surface area contributed by atoms with Gasteiger partial charge < -0.3 is 9.64 Å². The molecule has 0 unspecified atom stereocenters. The molecule has 0 aromatic heterocycles. The van der Waals surface area contributed by atoms with Crippen molar-refractivity contribution in [3.05, 3.63) is 39.9 Å². The van der Waals surface area contributed by atoms with Crippen molar-refractivity contribution in [3.8, 4) is 0 Å². The summed E-state index contributed by atoms with van der Waals surface area (Å²) in [6, 6.07) is 5.84. The van der Waals surface area contributed by atoms with Gasteiger partial charge in [-0.15, -0.1) is 0 Å². The number of carbonyl (C=O) groups is 1. The smallest absolute Gasteiger partial charge is 0.338 e. The van der Waals surface area contributed by atoms with Gasteiger partial charge in [-0.3, -0.25) is 10.1 Å². The number of esters is 1. The number of nitro benzene ring substituents is 1. The van der Waals surface area contributed by atoms with Crippen LogP contribution in [0.1, 0.15) is 23.2 Å². The molecular weight excluding hydrogens is 248 g/mol. The first-order chi connectivity index (χ1) is 9.08. The summed E-state index contributed by atoms with van der Waals surface area (Å²) in [5.74, 6) is -0.510. The molecule has 0 saturated carbocycles. The minimum Gasteiger partial charge on any atom is -0.460 e. The highest BCUT2D eigenvalue weighted by Gasteiger charge is 2.22. The third-order valence-electron chi connectivity index (χ3n) is 3.37. The van der Waals surface area contributed by atoms with Crippen molar-refractivity contribution in [2.75, 3.05) is 20.2 Å². The Morgan fingerprint density at radius 3 is 3.00 bits per heavy atom. The molecule has 1 aliphatic heterocycles. The van der Waals surface area contributed by atoms with Gasteiger partial charge in [0.1, 0.15) is 6.61 Å². The van der Waals surface area contributed by atoms with Crippen LogP contribution in [0.5, 0.6) is 0 Å². The van der Waals surface area contributed by atoms with Crippen molar-refractivity contribution in [1.82, 2.24) is 4.90 Å². The lowest BCUT2D eigenvalue weighted by Gasteiger charge is -2.18. The number of likely N-dealkylation sites (N-methyl/N-ethyl adjacent to an activating group) is 1. The standard InChI is InChI=1S/C13H16N2O4/c1-14-7-3-6-12(14)9-19-13(16)10-4-2-5-11(8-10)15(17)18/h2,4-5,8,12H,3,6-7,9H2,1H3/t12-/m0/s1. The maximum atomic E-state index is 11.8. The molecule has 1 aromatic rings. The molecule has 1 fully saturated rings. The Morgan fingerprint density at radius 1 is 1.58 bits per heavy atom. The molecule has 0 N–H and O–H groups in total. The van der Waals surface area contributed by atoms with E-state index in [1.54, 1.807) is 0 Å². The Morgan fingerprint density at radius 2 is 2.37 bits per heavy atom. The van der Waals surface area contributed by atoms with Crippen molar-refractivity contribution in [1.29, 1.82) is 0 Å². The van der Waals surface area contributed by atoms with E-state index < -0.39 is 10.9 Å². The maximum Gasteiger partial charge on any atom is 0.338 e. The first-order valence-electron chi connectivity index (χ1n) is 6.20. The van der Waals surface area contributed by atoms with Crippen LogP contribution in [-0.2, 0) is 4.74 Å². The van der Waals surface area contributed by atoms with Crippen molar-refractivity contribution in [2.45, 2.75) is 18.9 Å². The zero-order valence-corrected chi connectivity index (χ0v) is 10.7.